The van der Waals surface area contributed by atoms with Crippen molar-refractivity contribution in [2.24, 2.45) is 0 Å². The highest BCUT2D eigenvalue weighted by Crippen LogP contribution is 1.97. The normalized spacial score (nSPS) is 9.30. The Balaban J connectivity index is 3.20. The van der Waals surface area contributed by atoms with Crippen molar-refractivity contribution < 1.29 is 14.7 Å². The van der Waals surface area contributed by atoms with Gasteiger partial charge in [-0.3, -0.25) is 9.59 Å². The Bertz CT molecular complexity index is 133. The average Bonchev–Trinajstić information content (AvgIpc) is 1.87. The standard InChI is InChI=1S/C6H9ClO3/c7-4-5(8)2-1-3-6(9)10/h1-4H2,(H,9,10). The molecular formula is C6H9ClO3. The van der Waals surface area contributed by atoms with E-state index in [-0.39, 0.29) is 24.5 Å². The predicted octanol–water partition coefficient (Wildman–Crippen LogP) is 1.05. The Hall–Kier alpha value is -0.570. The SMILES string of the molecule is O=C(O)CCCC(=O)CCl. The number of hydrogen-bond acceptors (Lipinski definition) is 2. The van der Waals surface area contributed by atoms with E-state index in [9.17, 15) is 9.59 Å². The molecule has 0 rings (SSSR count). The highest BCUT2D eigenvalue weighted by Gasteiger charge is 2.01. The monoisotopic (exact) mass is 164 g/mol. The predicted molar refractivity (Wildman–Crippen MR) is 37.2 cm³/mol. The molecule has 0 aliphatic heterocycles. The van der Waals surface area contributed by atoms with E-state index in [0.717, 1.165) is 0 Å². The Morgan fingerprint density at radius 3 is 2.30 bits per heavy atom. The van der Waals surface area contributed by atoms with Gasteiger partial charge in [-0.1, -0.05) is 0 Å². The third kappa shape index (κ3) is 5.56. The number of aliphatic carboxylic acids is 1. The molecule has 0 heterocycles. The quantitative estimate of drug-likeness (QED) is 0.618. The van der Waals surface area contributed by atoms with Crippen LogP contribution < -0.4 is 0 Å². The first-order chi connectivity index (χ1) is 4.66. The van der Waals surface area contributed by atoms with Gasteiger partial charge in [-0.05, 0) is 6.42 Å². The topological polar surface area (TPSA) is 54.4 Å². The minimum Gasteiger partial charge on any atom is -0.481 e. The largest absolute Gasteiger partial charge is 0.481 e. The van der Waals surface area contributed by atoms with Crippen LogP contribution in [0.3, 0.4) is 0 Å². The van der Waals surface area contributed by atoms with Crippen LogP contribution in [0.2, 0.25) is 0 Å². The number of carboxylic acids is 1. The molecule has 0 spiro atoms. The van der Waals surface area contributed by atoms with Crippen LogP contribution in [0, 0.1) is 0 Å². The maximum Gasteiger partial charge on any atom is 0.303 e. The first kappa shape index (κ1) is 9.43. The van der Waals surface area contributed by atoms with Crippen molar-refractivity contribution in [3.05, 3.63) is 0 Å². The van der Waals surface area contributed by atoms with Gasteiger partial charge in [-0.2, -0.15) is 0 Å². The van der Waals surface area contributed by atoms with E-state index in [1.54, 1.807) is 0 Å². The van der Waals surface area contributed by atoms with Gasteiger partial charge in [0, 0.05) is 12.8 Å². The van der Waals surface area contributed by atoms with Gasteiger partial charge in [0.05, 0.1) is 5.88 Å². The van der Waals surface area contributed by atoms with Crippen molar-refractivity contribution in [2.75, 3.05) is 5.88 Å². The van der Waals surface area contributed by atoms with Crippen LogP contribution in [0.15, 0.2) is 0 Å². The minimum absolute atomic E-state index is 0.0143. The van der Waals surface area contributed by atoms with Gasteiger partial charge in [0.15, 0.2) is 0 Å². The lowest BCUT2D eigenvalue weighted by Gasteiger charge is -1.92. The van der Waals surface area contributed by atoms with Crippen LogP contribution in [0.4, 0.5) is 0 Å². The molecule has 0 aromatic rings. The van der Waals surface area contributed by atoms with Crippen LogP contribution >= 0.6 is 11.6 Å². The molecule has 0 saturated carbocycles. The molecule has 3 nitrogen and oxygen atoms in total. The lowest BCUT2D eigenvalue weighted by atomic mass is 10.2. The van der Waals surface area contributed by atoms with Gasteiger partial charge in [0.2, 0.25) is 0 Å². The van der Waals surface area contributed by atoms with E-state index >= 15 is 0 Å². The molecular weight excluding hydrogens is 156 g/mol. The summed E-state index contributed by atoms with van der Waals surface area (Å²) in [5.74, 6) is -0.982. The molecule has 0 unspecified atom stereocenters. The molecule has 0 bridgehead atoms. The van der Waals surface area contributed by atoms with E-state index in [1.807, 2.05) is 0 Å². The number of carboxylic acid groups (broad SMARTS) is 1. The van der Waals surface area contributed by atoms with E-state index in [4.69, 9.17) is 16.7 Å². The average molecular weight is 165 g/mol. The van der Waals surface area contributed by atoms with E-state index < -0.39 is 5.97 Å². The fourth-order valence-electron chi connectivity index (χ4n) is 0.504. The van der Waals surface area contributed by atoms with E-state index in [0.29, 0.717) is 6.42 Å². The third-order valence-corrected chi connectivity index (χ3v) is 1.29. The molecule has 0 aliphatic carbocycles. The second-order valence-electron chi connectivity index (χ2n) is 1.92. The summed E-state index contributed by atoms with van der Waals surface area (Å²) in [6, 6.07) is 0. The van der Waals surface area contributed by atoms with Crippen LogP contribution in [-0.2, 0) is 9.59 Å². The van der Waals surface area contributed by atoms with Crippen LogP contribution in [0.5, 0.6) is 0 Å². The van der Waals surface area contributed by atoms with Gasteiger partial charge < -0.3 is 5.11 Å². The number of carbonyl (C=O) groups is 2. The summed E-state index contributed by atoms with van der Waals surface area (Å²) in [5, 5.41) is 8.15. The zero-order valence-corrected chi connectivity index (χ0v) is 6.23. The second-order valence-corrected chi connectivity index (χ2v) is 2.19. The molecule has 0 fully saturated rings. The summed E-state index contributed by atoms with van der Waals surface area (Å²) < 4.78 is 0. The zero-order chi connectivity index (χ0) is 7.98. The maximum atomic E-state index is 10.5. The number of Topliss-reactive ketones (excluding diaryl/α,β-unsaturated/α-hetero) is 1. The summed E-state index contributed by atoms with van der Waals surface area (Å²) in [4.78, 5) is 20.4. The maximum absolute atomic E-state index is 10.5. The summed E-state index contributed by atoms with van der Waals surface area (Å²) in [6.07, 6.45) is 0.708. The molecule has 10 heavy (non-hydrogen) atoms. The number of hydrogen-bond donors (Lipinski definition) is 1. The number of rotatable bonds is 5. The fourth-order valence-corrected chi connectivity index (χ4v) is 0.637. The van der Waals surface area contributed by atoms with E-state index in [2.05, 4.69) is 0 Å². The van der Waals surface area contributed by atoms with Crippen molar-refractivity contribution in [1.29, 1.82) is 0 Å². The number of alkyl halides is 1. The lowest BCUT2D eigenvalue weighted by Crippen LogP contribution is -2.01. The van der Waals surface area contributed by atoms with Crippen molar-refractivity contribution in [1.82, 2.24) is 0 Å². The summed E-state index contributed by atoms with van der Waals surface area (Å²) in [5.41, 5.74) is 0. The number of halogens is 1. The molecule has 0 aromatic carbocycles. The molecule has 0 saturated heterocycles. The third-order valence-electron chi connectivity index (χ3n) is 0.995. The van der Waals surface area contributed by atoms with Gasteiger partial charge in [0.25, 0.3) is 0 Å². The lowest BCUT2D eigenvalue weighted by molar-refractivity contribution is -0.137. The fraction of sp³-hybridized carbons (Fsp3) is 0.667. The Morgan fingerprint density at radius 1 is 1.30 bits per heavy atom. The number of ketones is 1. The highest BCUT2D eigenvalue weighted by molar-refractivity contribution is 6.27. The van der Waals surface area contributed by atoms with Crippen molar-refractivity contribution in [3.63, 3.8) is 0 Å². The van der Waals surface area contributed by atoms with Crippen LogP contribution in [0.1, 0.15) is 19.3 Å². The highest BCUT2D eigenvalue weighted by atomic mass is 35.5. The molecule has 0 aromatic heterocycles. The Labute approximate surface area is 64.0 Å². The second kappa shape index (κ2) is 5.23. The summed E-state index contributed by atoms with van der Waals surface area (Å²) in [7, 11) is 0. The number of carbonyl (C=O) groups excluding carboxylic acids is 1. The van der Waals surface area contributed by atoms with Crippen molar-refractivity contribution >= 4 is 23.4 Å². The Kier molecular flexibility index (Phi) is 4.94. The van der Waals surface area contributed by atoms with Gasteiger partial charge in [-0.25, -0.2) is 0 Å². The molecule has 4 heteroatoms. The van der Waals surface area contributed by atoms with Crippen LogP contribution in [-0.4, -0.2) is 22.7 Å². The van der Waals surface area contributed by atoms with Crippen molar-refractivity contribution in [3.8, 4) is 0 Å². The first-order valence-corrected chi connectivity index (χ1v) is 3.49. The minimum atomic E-state index is -0.873. The first-order valence-electron chi connectivity index (χ1n) is 2.96. The molecule has 1 N–H and O–H groups in total. The van der Waals surface area contributed by atoms with Crippen molar-refractivity contribution in [2.45, 2.75) is 19.3 Å². The molecule has 0 atom stereocenters. The summed E-state index contributed by atoms with van der Waals surface area (Å²) >= 11 is 5.17. The molecule has 0 amide bonds. The van der Waals surface area contributed by atoms with Gasteiger partial charge in [-0.15, -0.1) is 11.6 Å². The summed E-state index contributed by atoms with van der Waals surface area (Å²) in [6.45, 7) is 0. The molecule has 58 valence electrons. The zero-order valence-electron chi connectivity index (χ0n) is 5.47. The smallest absolute Gasteiger partial charge is 0.303 e. The van der Waals surface area contributed by atoms with Gasteiger partial charge in [0.1, 0.15) is 5.78 Å². The van der Waals surface area contributed by atoms with E-state index in [1.165, 1.54) is 0 Å². The Morgan fingerprint density at radius 2 is 1.90 bits per heavy atom. The molecule has 0 aliphatic rings. The van der Waals surface area contributed by atoms with Gasteiger partial charge >= 0.3 is 5.97 Å². The van der Waals surface area contributed by atoms with Crippen LogP contribution in [0.25, 0.3) is 0 Å². The molecule has 0 radical (unpaired) electrons.